The fourth-order valence-electron chi connectivity index (χ4n) is 2.62. The Labute approximate surface area is 121 Å². The Morgan fingerprint density at radius 1 is 1.37 bits per heavy atom. The Morgan fingerprint density at radius 2 is 2.11 bits per heavy atom. The van der Waals surface area contributed by atoms with Gasteiger partial charge in [-0.1, -0.05) is 24.8 Å². The van der Waals surface area contributed by atoms with E-state index in [1.165, 1.54) is 32.1 Å². The van der Waals surface area contributed by atoms with Crippen LogP contribution in [0.25, 0.3) is 6.08 Å². The van der Waals surface area contributed by atoms with E-state index in [9.17, 15) is 0 Å². The minimum atomic E-state index is 0.177. The molecule has 1 aliphatic rings. The van der Waals surface area contributed by atoms with E-state index >= 15 is 0 Å². The van der Waals surface area contributed by atoms with E-state index in [-0.39, 0.29) is 5.54 Å². The standard InChI is InChI=1S/C16H26N2S/c1-16(2,3)18-12-14(11-15-17-9-10-19-15)13-7-5-4-6-8-13/h9-11,13,18H,4-8,12H2,1-3H3/b14-11-. The molecule has 0 unspecified atom stereocenters. The van der Waals surface area contributed by atoms with E-state index < -0.39 is 0 Å². The predicted molar refractivity (Wildman–Crippen MR) is 84.4 cm³/mol. The van der Waals surface area contributed by atoms with Gasteiger partial charge in [-0.25, -0.2) is 4.98 Å². The van der Waals surface area contributed by atoms with Crippen LogP contribution in [0.4, 0.5) is 0 Å². The molecule has 1 aromatic rings. The summed E-state index contributed by atoms with van der Waals surface area (Å²) in [5.74, 6) is 0.757. The van der Waals surface area contributed by atoms with Crippen molar-refractivity contribution in [2.45, 2.75) is 58.4 Å². The second-order valence-corrected chi connectivity index (χ2v) is 7.45. The first-order valence-corrected chi connectivity index (χ1v) is 8.27. The van der Waals surface area contributed by atoms with Crippen LogP contribution >= 0.6 is 11.3 Å². The van der Waals surface area contributed by atoms with Gasteiger partial charge in [-0.05, 0) is 45.6 Å². The van der Waals surface area contributed by atoms with Crippen LogP contribution in [0.3, 0.4) is 0 Å². The molecule has 0 spiro atoms. The minimum absolute atomic E-state index is 0.177. The van der Waals surface area contributed by atoms with E-state index in [2.05, 4.69) is 42.5 Å². The van der Waals surface area contributed by atoms with E-state index in [0.29, 0.717) is 0 Å². The maximum Gasteiger partial charge on any atom is 0.116 e. The molecule has 1 heterocycles. The molecule has 106 valence electrons. The van der Waals surface area contributed by atoms with Gasteiger partial charge in [-0.2, -0.15) is 0 Å². The first kappa shape index (κ1) is 14.7. The Morgan fingerprint density at radius 3 is 2.68 bits per heavy atom. The van der Waals surface area contributed by atoms with Crippen LogP contribution in [0.1, 0.15) is 57.9 Å². The van der Waals surface area contributed by atoms with Gasteiger partial charge >= 0.3 is 0 Å². The SMILES string of the molecule is CC(C)(C)NC/C(=C/c1nccs1)C1CCCCC1. The van der Waals surface area contributed by atoms with Gasteiger partial charge in [0.05, 0.1) is 0 Å². The van der Waals surface area contributed by atoms with Crippen molar-refractivity contribution in [3.05, 3.63) is 22.2 Å². The zero-order chi connectivity index (χ0) is 13.7. The third-order valence-corrected chi connectivity index (χ3v) is 4.44. The van der Waals surface area contributed by atoms with Crippen molar-refractivity contribution < 1.29 is 0 Å². The summed E-state index contributed by atoms with van der Waals surface area (Å²) in [5, 5.41) is 6.85. The molecule has 1 aliphatic carbocycles. The quantitative estimate of drug-likeness (QED) is 0.877. The number of nitrogens with one attached hydrogen (secondary N) is 1. The maximum absolute atomic E-state index is 4.41. The largest absolute Gasteiger partial charge is 0.308 e. The fourth-order valence-corrected chi connectivity index (χ4v) is 3.22. The summed E-state index contributed by atoms with van der Waals surface area (Å²) in [6, 6.07) is 0. The topological polar surface area (TPSA) is 24.9 Å². The summed E-state index contributed by atoms with van der Waals surface area (Å²) in [6.45, 7) is 7.69. The highest BCUT2D eigenvalue weighted by molar-refractivity contribution is 7.10. The number of aromatic nitrogens is 1. The van der Waals surface area contributed by atoms with Gasteiger partial charge in [0, 0.05) is 23.7 Å². The Hall–Kier alpha value is -0.670. The van der Waals surface area contributed by atoms with Crippen molar-refractivity contribution in [3.63, 3.8) is 0 Å². The van der Waals surface area contributed by atoms with Crippen molar-refractivity contribution in [2.75, 3.05) is 6.54 Å². The normalized spacial score (nSPS) is 18.8. The lowest BCUT2D eigenvalue weighted by Gasteiger charge is -2.28. The van der Waals surface area contributed by atoms with Crippen LogP contribution in [0.5, 0.6) is 0 Å². The average Bonchev–Trinajstić information content (AvgIpc) is 2.87. The lowest BCUT2D eigenvalue weighted by molar-refractivity contribution is 0.378. The molecule has 2 nitrogen and oxygen atoms in total. The molecule has 0 aromatic carbocycles. The van der Waals surface area contributed by atoms with E-state index in [0.717, 1.165) is 17.5 Å². The summed E-state index contributed by atoms with van der Waals surface area (Å²) in [4.78, 5) is 4.41. The zero-order valence-electron chi connectivity index (χ0n) is 12.4. The predicted octanol–water partition coefficient (Wildman–Crippen LogP) is 4.49. The second-order valence-electron chi connectivity index (χ2n) is 6.53. The van der Waals surface area contributed by atoms with Gasteiger partial charge in [0.15, 0.2) is 0 Å². The molecule has 1 aromatic heterocycles. The molecule has 3 heteroatoms. The van der Waals surface area contributed by atoms with Gasteiger partial charge < -0.3 is 5.32 Å². The van der Waals surface area contributed by atoms with Gasteiger partial charge in [0.2, 0.25) is 0 Å². The zero-order valence-corrected chi connectivity index (χ0v) is 13.2. The first-order chi connectivity index (χ1) is 9.04. The molecule has 0 saturated heterocycles. The van der Waals surface area contributed by atoms with Crippen molar-refractivity contribution in [3.8, 4) is 0 Å². The Kier molecular flexibility index (Phi) is 5.17. The summed E-state index contributed by atoms with van der Waals surface area (Å²) in [6.07, 6.45) is 11.1. The van der Waals surface area contributed by atoms with Crippen LogP contribution in [-0.4, -0.2) is 17.1 Å². The molecular weight excluding hydrogens is 252 g/mol. The van der Waals surface area contributed by atoms with Gasteiger partial charge in [0.25, 0.3) is 0 Å². The second kappa shape index (κ2) is 6.67. The molecule has 0 atom stereocenters. The highest BCUT2D eigenvalue weighted by Gasteiger charge is 2.19. The minimum Gasteiger partial charge on any atom is -0.308 e. The average molecular weight is 278 g/mol. The van der Waals surface area contributed by atoms with E-state index in [1.54, 1.807) is 16.9 Å². The third-order valence-electron chi connectivity index (χ3n) is 3.71. The van der Waals surface area contributed by atoms with Crippen LogP contribution in [0.15, 0.2) is 17.2 Å². The van der Waals surface area contributed by atoms with Gasteiger partial charge in [0.1, 0.15) is 5.01 Å². The van der Waals surface area contributed by atoms with Crippen LogP contribution in [0, 0.1) is 5.92 Å². The molecule has 1 fully saturated rings. The Bertz CT molecular complexity index is 395. The maximum atomic E-state index is 4.41. The van der Waals surface area contributed by atoms with Crippen LogP contribution < -0.4 is 5.32 Å². The summed E-state index contributed by atoms with van der Waals surface area (Å²) in [7, 11) is 0. The number of thiazole rings is 1. The van der Waals surface area contributed by atoms with Crippen molar-refractivity contribution in [1.29, 1.82) is 0 Å². The molecule has 1 N–H and O–H groups in total. The smallest absolute Gasteiger partial charge is 0.116 e. The Balaban J connectivity index is 2.08. The third kappa shape index (κ3) is 5.07. The van der Waals surface area contributed by atoms with Crippen LogP contribution in [-0.2, 0) is 0 Å². The fraction of sp³-hybridized carbons (Fsp3) is 0.688. The molecular formula is C16H26N2S. The molecule has 0 aliphatic heterocycles. The molecule has 0 bridgehead atoms. The van der Waals surface area contributed by atoms with Gasteiger partial charge in [-0.3, -0.25) is 0 Å². The summed E-state index contributed by atoms with van der Waals surface area (Å²) < 4.78 is 0. The number of rotatable bonds is 4. The number of nitrogens with zero attached hydrogens (tertiary/aromatic N) is 1. The highest BCUT2D eigenvalue weighted by Crippen LogP contribution is 2.31. The van der Waals surface area contributed by atoms with E-state index in [4.69, 9.17) is 0 Å². The lowest BCUT2D eigenvalue weighted by atomic mass is 9.83. The number of hydrogen-bond donors (Lipinski definition) is 1. The van der Waals surface area contributed by atoms with E-state index in [1.807, 2.05) is 6.20 Å². The van der Waals surface area contributed by atoms with Crippen molar-refractivity contribution >= 4 is 17.4 Å². The molecule has 19 heavy (non-hydrogen) atoms. The monoisotopic (exact) mass is 278 g/mol. The van der Waals surface area contributed by atoms with Crippen molar-refractivity contribution in [1.82, 2.24) is 10.3 Å². The van der Waals surface area contributed by atoms with Crippen molar-refractivity contribution in [2.24, 2.45) is 5.92 Å². The van der Waals surface area contributed by atoms with Gasteiger partial charge in [-0.15, -0.1) is 11.3 Å². The molecule has 0 radical (unpaired) electrons. The molecule has 0 amide bonds. The lowest BCUT2D eigenvalue weighted by Crippen LogP contribution is -2.38. The highest BCUT2D eigenvalue weighted by atomic mass is 32.1. The summed E-state index contributed by atoms with van der Waals surface area (Å²) in [5.41, 5.74) is 1.72. The first-order valence-electron chi connectivity index (χ1n) is 7.39. The summed E-state index contributed by atoms with van der Waals surface area (Å²) >= 11 is 1.73. The van der Waals surface area contributed by atoms with Crippen LogP contribution in [0.2, 0.25) is 0 Å². The molecule has 2 rings (SSSR count). The molecule has 1 saturated carbocycles. The number of hydrogen-bond acceptors (Lipinski definition) is 3.